The second-order valence-electron chi connectivity index (χ2n) is 6.68. The first-order valence-corrected chi connectivity index (χ1v) is 8.95. The molecule has 0 fully saturated rings. The highest BCUT2D eigenvalue weighted by atomic mass is 19.4. The molecular formula is C23H16F3N2O+. The third-order valence-corrected chi connectivity index (χ3v) is 4.65. The zero-order chi connectivity index (χ0) is 20.4. The minimum Gasteiger partial charge on any atom is -0.290 e. The van der Waals surface area contributed by atoms with Crippen molar-refractivity contribution in [2.45, 2.75) is 12.7 Å². The van der Waals surface area contributed by atoms with Crippen molar-refractivity contribution in [1.82, 2.24) is 4.98 Å². The van der Waals surface area contributed by atoms with Crippen LogP contribution in [0.3, 0.4) is 0 Å². The number of carbonyl (C=O) groups is 1. The predicted molar refractivity (Wildman–Crippen MR) is 103 cm³/mol. The summed E-state index contributed by atoms with van der Waals surface area (Å²) in [6.45, 7) is -0.0910. The molecule has 4 aromatic rings. The molecule has 4 rings (SSSR count). The van der Waals surface area contributed by atoms with Crippen molar-refractivity contribution in [3.63, 3.8) is 0 Å². The minimum atomic E-state index is -4.48. The molecule has 1 aromatic heterocycles. The number of alkyl halides is 3. The number of carbonyl (C=O) groups excluding carboxylic acids is 1. The number of hydrogen-bond acceptors (Lipinski definition) is 2. The number of benzene rings is 3. The van der Waals surface area contributed by atoms with Crippen LogP contribution in [0.4, 0.5) is 13.2 Å². The highest BCUT2D eigenvalue weighted by Crippen LogP contribution is 2.29. The summed E-state index contributed by atoms with van der Waals surface area (Å²) in [7, 11) is 0. The summed E-state index contributed by atoms with van der Waals surface area (Å²) in [6, 6.07) is 20.3. The average molecular weight is 393 g/mol. The van der Waals surface area contributed by atoms with Crippen LogP contribution in [0.25, 0.3) is 22.0 Å². The molecule has 0 amide bonds. The van der Waals surface area contributed by atoms with Gasteiger partial charge in [-0.2, -0.15) is 13.2 Å². The van der Waals surface area contributed by atoms with Crippen molar-refractivity contribution >= 4 is 16.6 Å². The molecule has 3 nitrogen and oxygen atoms in total. The lowest BCUT2D eigenvalue weighted by molar-refractivity contribution is -0.686. The fourth-order valence-electron chi connectivity index (χ4n) is 3.12. The molecule has 3 aromatic carbocycles. The van der Waals surface area contributed by atoms with Crippen LogP contribution in [0, 0.1) is 0 Å². The number of ketones is 1. The Morgan fingerprint density at radius 1 is 0.897 bits per heavy atom. The molecule has 1 heterocycles. The SMILES string of the molecule is O=C(C[n+]1ccc(-c2ccc3ccccc3c2)nc1)c1cccc(C(F)(F)F)c1. The largest absolute Gasteiger partial charge is 0.416 e. The zero-order valence-electron chi connectivity index (χ0n) is 15.2. The Hall–Kier alpha value is -3.54. The van der Waals surface area contributed by atoms with Crippen molar-refractivity contribution in [2.24, 2.45) is 0 Å². The zero-order valence-corrected chi connectivity index (χ0v) is 15.2. The molecule has 0 aliphatic heterocycles. The summed E-state index contributed by atoms with van der Waals surface area (Å²) in [5.41, 5.74) is 0.877. The van der Waals surface area contributed by atoms with E-state index in [4.69, 9.17) is 0 Å². The highest BCUT2D eigenvalue weighted by Gasteiger charge is 2.31. The molecule has 0 atom stereocenters. The fraction of sp³-hybridized carbons (Fsp3) is 0.0870. The number of rotatable bonds is 4. The highest BCUT2D eigenvalue weighted by molar-refractivity contribution is 5.95. The van der Waals surface area contributed by atoms with Gasteiger partial charge in [-0.1, -0.05) is 42.5 Å². The van der Waals surface area contributed by atoms with Crippen LogP contribution in [-0.4, -0.2) is 10.8 Å². The summed E-state index contributed by atoms with van der Waals surface area (Å²) in [5.74, 6) is -0.415. The van der Waals surface area contributed by atoms with Crippen LogP contribution < -0.4 is 4.57 Å². The fourth-order valence-corrected chi connectivity index (χ4v) is 3.12. The molecule has 0 saturated carbocycles. The molecule has 0 bridgehead atoms. The maximum Gasteiger partial charge on any atom is 0.416 e. The molecule has 144 valence electrons. The maximum atomic E-state index is 12.8. The van der Waals surface area contributed by atoms with Crippen LogP contribution in [0.15, 0.2) is 85.3 Å². The van der Waals surface area contributed by atoms with E-state index in [1.807, 2.05) is 42.5 Å². The lowest BCUT2D eigenvalue weighted by Gasteiger charge is -2.07. The van der Waals surface area contributed by atoms with Gasteiger partial charge in [0.1, 0.15) is 0 Å². The molecule has 0 N–H and O–H groups in total. The van der Waals surface area contributed by atoms with E-state index in [0.29, 0.717) is 0 Å². The van der Waals surface area contributed by atoms with E-state index < -0.39 is 17.5 Å². The second-order valence-corrected chi connectivity index (χ2v) is 6.68. The average Bonchev–Trinajstić information content (AvgIpc) is 2.73. The molecule has 6 heteroatoms. The summed E-state index contributed by atoms with van der Waals surface area (Å²) in [6.07, 6.45) is -1.27. The molecule has 0 saturated heterocycles. The Bertz CT molecular complexity index is 1180. The van der Waals surface area contributed by atoms with Gasteiger partial charge in [-0.25, -0.2) is 4.57 Å². The van der Waals surface area contributed by atoms with Crippen LogP contribution in [0.2, 0.25) is 0 Å². The van der Waals surface area contributed by atoms with Gasteiger partial charge in [0.05, 0.1) is 11.8 Å². The van der Waals surface area contributed by atoms with E-state index in [2.05, 4.69) is 4.98 Å². The lowest BCUT2D eigenvalue weighted by Crippen LogP contribution is -2.37. The number of hydrogen-bond donors (Lipinski definition) is 0. The normalized spacial score (nSPS) is 11.6. The molecule has 0 aliphatic rings. The van der Waals surface area contributed by atoms with E-state index >= 15 is 0 Å². The van der Waals surface area contributed by atoms with Gasteiger partial charge in [-0.05, 0) is 40.0 Å². The predicted octanol–water partition coefficient (Wildman–Crippen LogP) is 5.09. The summed E-state index contributed by atoms with van der Waals surface area (Å²) in [4.78, 5) is 16.8. The van der Waals surface area contributed by atoms with Gasteiger partial charge in [0.15, 0.2) is 12.2 Å². The van der Waals surface area contributed by atoms with Gasteiger partial charge in [-0.3, -0.25) is 4.79 Å². The third kappa shape index (κ3) is 4.16. The molecule has 0 unspecified atom stereocenters. The first-order chi connectivity index (χ1) is 13.9. The van der Waals surface area contributed by atoms with E-state index in [-0.39, 0.29) is 12.1 Å². The van der Waals surface area contributed by atoms with Gasteiger partial charge in [0.2, 0.25) is 5.78 Å². The van der Waals surface area contributed by atoms with Crippen molar-refractivity contribution in [1.29, 1.82) is 0 Å². The molecule has 0 aliphatic carbocycles. The summed E-state index contributed by atoms with van der Waals surface area (Å²) >= 11 is 0. The Labute approximate surface area is 165 Å². The first-order valence-electron chi connectivity index (χ1n) is 8.95. The second kappa shape index (κ2) is 7.47. The molecule has 29 heavy (non-hydrogen) atoms. The van der Waals surface area contributed by atoms with Crippen LogP contribution in [-0.2, 0) is 12.7 Å². The van der Waals surface area contributed by atoms with Gasteiger partial charge in [-0.15, -0.1) is 0 Å². The van der Waals surface area contributed by atoms with E-state index in [9.17, 15) is 18.0 Å². The van der Waals surface area contributed by atoms with Crippen molar-refractivity contribution in [3.05, 3.63) is 96.4 Å². The van der Waals surface area contributed by atoms with E-state index in [1.54, 1.807) is 16.8 Å². The summed E-state index contributed by atoms with van der Waals surface area (Å²) < 4.78 is 40.1. The van der Waals surface area contributed by atoms with Gasteiger partial charge < -0.3 is 0 Å². The maximum absolute atomic E-state index is 12.8. The molecular weight excluding hydrogens is 377 g/mol. The number of halogens is 3. The van der Waals surface area contributed by atoms with Crippen LogP contribution >= 0.6 is 0 Å². The number of Topliss-reactive ketones (excluding diaryl/α,β-unsaturated/α-hetero) is 1. The van der Waals surface area contributed by atoms with E-state index in [0.717, 1.165) is 34.2 Å². The molecule has 0 radical (unpaired) electrons. The van der Waals surface area contributed by atoms with Gasteiger partial charge in [0, 0.05) is 17.2 Å². The third-order valence-electron chi connectivity index (χ3n) is 4.65. The number of fused-ring (bicyclic) bond motifs is 1. The van der Waals surface area contributed by atoms with Gasteiger partial charge >= 0.3 is 6.18 Å². The smallest absolute Gasteiger partial charge is 0.290 e. The monoisotopic (exact) mass is 393 g/mol. The Kier molecular flexibility index (Phi) is 4.84. The number of nitrogens with zero attached hydrogens (tertiary/aromatic N) is 2. The Morgan fingerprint density at radius 2 is 1.69 bits per heavy atom. The quantitative estimate of drug-likeness (QED) is 0.357. The number of aromatic nitrogens is 2. The Morgan fingerprint density at radius 3 is 2.41 bits per heavy atom. The molecule has 0 spiro atoms. The lowest BCUT2D eigenvalue weighted by atomic mass is 10.1. The summed E-state index contributed by atoms with van der Waals surface area (Å²) in [5, 5.41) is 2.23. The van der Waals surface area contributed by atoms with Crippen LogP contribution in [0.5, 0.6) is 0 Å². The van der Waals surface area contributed by atoms with Crippen molar-refractivity contribution in [3.8, 4) is 11.3 Å². The Balaban J connectivity index is 1.53. The first kappa shape index (κ1) is 18.8. The minimum absolute atomic E-state index is 0.0194. The van der Waals surface area contributed by atoms with Crippen molar-refractivity contribution in [2.75, 3.05) is 0 Å². The van der Waals surface area contributed by atoms with Crippen molar-refractivity contribution < 1.29 is 22.5 Å². The van der Waals surface area contributed by atoms with Crippen LogP contribution in [0.1, 0.15) is 15.9 Å². The standard InChI is InChI=1S/C23H16F3N2O/c24-23(25,26)20-7-3-6-19(13-20)22(29)14-28-11-10-21(27-15-28)18-9-8-16-4-1-2-5-17(16)12-18/h1-13,15H,14H2/q+1. The topological polar surface area (TPSA) is 33.8 Å². The van der Waals surface area contributed by atoms with Gasteiger partial charge in [0.25, 0.3) is 6.33 Å². The van der Waals surface area contributed by atoms with E-state index in [1.165, 1.54) is 18.5 Å².